The van der Waals surface area contributed by atoms with Crippen molar-refractivity contribution in [2.45, 2.75) is 31.4 Å². The minimum atomic E-state index is -0.252. The second-order valence-corrected chi connectivity index (χ2v) is 4.59. The fraction of sp³-hybridized carbons (Fsp3) is 0.500. The summed E-state index contributed by atoms with van der Waals surface area (Å²) in [7, 11) is 0. The van der Waals surface area contributed by atoms with Gasteiger partial charge in [-0.3, -0.25) is 0 Å². The van der Waals surface area contributed by atoms with Gasteiger partial charge >= 0.3 is 0 Å². The first-order valence-corrected chi connectivity index (χ1v) is 5.86. The van der Waals surface area contributed by atoms with Gasteiger partial charge in [-0.15, -0.1) is 0 Å². The highest BCUT2D eigenvalue weighted by Gasteiger charge is 2.23. The summed E-state index contributed by atoms with van der Waals surface area (Å²) < 4.78 is 18.9. The van der Waals surface area contributed by atoms with Gasteiger partial charge < -0.3 is 10.5 Å². The number of benzene rings is 1. The number of halogens is 2. The maximum Gasteiger partial charge on any atom is 0.126 e. The normalized spacial score (nSPS) is 22.3. The van der Waals surface area contributed by atoms with Crippen molar-refractivity contribution in [3.8, 4) is 0 Å². The number of rotatable bonds is 3. The van der Waals surface area contributed by atoms with Gasteiger partial charge in [0.25, 0.3) is 0 Å². The lowest BCUT2D eigenvalue weighted by Gasteiger charge is -2.18. The van der Waals surface area contributed by atoms with Crippen LogP contribution in [0.5, 0.6) is 0 Å². The zero-order valence-electron chi connectivity index (χ0n) is 8.96. The average Bonchev–Trinajstić information content (AvgIpc) is 2.76. The summed E-state index contributed by atoms with van der Waals surface area (Å²) in [6, 6.07) is 4.39. The van der Waals surface area contributed by atoms with E-state index in [-0.39, 0.29) is 18.0 Å². The van der Waals surface area contributed by atoms with Crippen LogP contribution in [0.15, 0.2) is 18.2 Å². The molecular weight excluding hydrogens is 229 g/mol. The van der Waals surface area contributed by atoms with E-state index in [1.807, 2.05) is 0 Å². The minimum absolute atomic E-state index is 0.0541. The second-order valence-electron chi connectivity index (χ2n) is 4.16. The molecule has 1 fully saturated rings. The van der Waals surface area contributed by atoms with E-state index in [4.69, 9.17) is 22.1 Å². The van der Waals surface area contributed by atoms with Crippen LogP contribution >= 0.6 is 11.6 Å². The number of ether oxygens (including phenoxy) is 1. The maximum absolute atomic E-state index is 13.5. The summed E-state index contributed by atoms with van der Waals surface area (Å²) in [6.07, 6.45) is 2.52. The Labute approximate surface area is 99.5 Å². The lowest BCUT2D eigenvalue weighted by Crippen LogP contribution is -2.36. The fourth-order valence-electron chi connectivity index (χ4n) is 2.03. The molecule has 88 valence electrons. The summed E-state index contributed by atoms with van der Waals surface area (Å²) in [5.41, 5.74) is 6.56. The van der Waals surface area contributed by atoms with Gasteiger partial charge in [0, 0.05) is 17.7 Å². The van der Waals surface area contributed by atoms with Crippen LogP contribution in [0, 0.1) is 5.82 Å². The molecule has 0 aliphatic carbocycles. The topological polar surface area (TPSA) is 35.2 Å². The number of nitrogens with two attached hydrogens (primary N) is 1. The highest BCUT2D eigenvalue weighted by Crippen LogP contribution is 2.20. The van der Waals surface area contributed by atoms with Crippen molar-refractivity contribution >= 4 is 11.6 Å². The van der Waals surface area contributed by atoms with Gasteiger partial charge in [-0.1, -0.05) is 11.6 Å². The molecule has 0 radical (unpaired) electrons. The standard InChI is InChI=1S/C12H15ClFNO/c13-9-3-4-10(14)8(6-9)7-11(15)12-2-1-5-16-12/h3-4,6,11-12H,1-2,5,7,15H2. The first kappa shape index (κ1) is 11.8. The summed E-state index contributed by atoms with van der Waals surface area (Å²) >= 11 is 5.82. The maximum atomic E-state index is 13.5. The van der Waals surface area contributed by atoms with Crippen LogP contribution in [0.25, 0.3) is 0 Å². The van der Waals surface area contributed by atoms with Gasteiger partial charge in [0.1, 0.15) is 5.82 Å². The van der Waals surface area contributed by atoms with E-state index in [1.165, 1.54) is 12.1 Å². The molecule has 1 aliphatic heterocycles. The van der Waals surface area contributed by atoms with Crippen LogP contribution in [-0.4, -0.2) is 18.8 Å². The summed E-state index contributed by atoms with van der Waals surface area (Å²) in [5.74, 6) is -0.252. The molecule has 16 heavy (non-hydrogen) atoms. The second kappa shape index (κ2) is 5.13. The van der Waals surface area contributed by atoms with Crippen LogP contribution < -0.4 is 5.73 Å². The van der Waals surface area contributed by atoms with Crippen LogP contribution in [0.4, 0.5) is 4.39 Å². The van der Waals surface area contributed by atoms with E-state index in [0.29, 0.717) is 17.0 Å². The van der Waals surface area contributed by atoms with Crippen molar-refractivity contribution < 1.29 is 9.13 Å². The van der Waals surface area contributed by atoms with Crippen molar-refractivity contribution in [3.05, 3.63) is 34.6 Å². The highest BCUT2D eigenvalue weighted by atomic mass is 35.5. The summed E-state index contributed by atoms with van der Waals surface area (Å²) in [6.45, 7) is 0.760. The van der Waals surface area contributed by atoms with E-state index in [0.717, 1.165) is 19.4 Å². The summed E-state index contributed by atoms with van der Waals surface area (Å²) in [5, 5.41) is 0.538. The smallest absolute Gasteiger partial charge is 0.126 e. The Hall–Kier alpha value is -0.640. The Morgan fingerprint density at radius 2 is 2.38 bits per heavy atom. The largest absolute Gasteiger partial charge is 0.377 e. The molecule has 2 nitrogen and oxygen atoms in total. The Morgan fingerprint density at radius 1 is 1.56 bits per heavy atom. The molecule has 2 atom stereocenters. The van der Waals surface area contributed by atoms with Crippen LogP contribution in [0.2, 0.25) is 5.02 Å². The molecule has 0 aromatic heterocycles. The van der Waals surface area contributed by atoms with E-state index in [2.05, 4.69) is 0 Å². The van der Waals surface area contributed by atoms with Crippen LogP contribution in [0.3, 0.4) is 0 Å². The lowest BCUT2D eigenvalue weighted by atomic mass is 10.00. The number of hydrogen-bond acceptors (Lipinski definition) is 2. The molecule has 1 aromatic rings. The van der Waals surface area contributed by atoms with E-state index < -0.39 is 0 Å². The predicted octanol–water partition coefficient (Wildman–Crippen LogP) is 2.53. The molecule has 0 saturated carbocycles. The Bertz CT molecular complexity index is 366. The van der Waals surface area contributed by atoms with E-state index in [9.17, 15) is 4.39 Å². The first-order chi connectivity index (χ1) is 7.66. The third-order valence-corrected chi connectivity index (χ3v) is 3.14. The summed E-state index contributed by atoms with van der Waals surface area (Å²) in [4.78, 5) is 0. The van der Waals surface area contributed by atoms with Crippen molar-refractivity contribution in [3.63, 3.8) is 0 Å². The minimum Gasteiger partial charge on any atom is -0.377 e. The molecule has 2 rings (SSSR count). The molecule has 2 unspecified atom stereocenters. The van der Waals surface area contributed by atoms with Gasteiger partial charge in [-0.2, -0.15) is 0 Å². The quantitative estimate of drug-likeness (QED) is 0.886. The molecule has 1 heterocycles. The molecule has 0 spiro atoms. The SMILES string of the molecule is NC(Cc1cc(Cl)ccc1F)C1CCCO1. The van der Waals surface area contributed by atoms with Crippen LogP contribution in [-0.2, 0) is 11.2 Å². The van der Waals surface area contributed by atoms with Crippen molar-refractivity contribution in [2.24, 2.45) is 5.73 Å². The molecule has 0 bridgehead atoms. The van der Waals surface area contributed by atoms with Crippen molar-refractivity contribution in [2.75, 3.05) is 6.61 Å². The molecule has 0 amide bonds. The first-order valence-electron chi connectivity index (χ1n) is 5.48. The van der Waals surface area contributed by atoms with E-state index in [1.54, 1.807) is 6.07 Å². The third-order valence-electron chi connectivity index (χ3n) is 2.91. The molecular formula is C12H15ClFNO. The molecule has 1 aromatic carbocycles. The van der Waals surface area contributed by atoms with Gasteiger partial charge in [-0.25, -0.2) is 4.39 Å². The Balaban J connectivity index is 2.04. The van der Waals surface area contributed by atoms with Gasteiger partial charge in [0.15, 0.2) is 0 Å². The van der Waals surface area contributed by atoms with Crippen molar-refractivity contribution in [1.29, 1.82) is 0 Å². The zero-order chi connectivity index (χ0) is 11.5. The molecule has 1 aliphatic rings. The predicted molar refractivity (Wildman–Crippen MR) is 62.1 cm³/mol. The average molecular weight is 244 g/mol. The third kappa shape index (κ3) is 2.73. The monoisotopic (exact) mass is 243 g/mol. The molecule has 2 N–H and O–H groups in total. The van der Waals surface area contributed by atoms with Gasteiger partial charge in [-0.05, 0) is 43.0 Å². The molecule has 1 saturated heterocycles. The van der Waals surface area contributed by atoms with Gasteiger partial charge in [0.05, 0.1) is 6.10 Å². The van der Waals surface area contributed by atoms with Crippen molar-refractivity contribution in [1.82, 2.24) is 0 Å². The van der Waals surface area contributed by atoms with E-state index >= 15 is 0 Å². The Morgan fingerprint density at radius 3 is 3.06 bits per heavy atom. The van der Waals surface area contributed by atoms with Gasteiger partial charge in [0.2, 0.25) is 0 Å². The Kier molecular flexibility index (Phi) is 3.79. The zero-order valence-corrected chi connectivity index (χ0v) is 9.71. The fourth-order valence-corrected chi connectivity index (χ4v) is 2.22. The lowest BCUT2D eigenvalue weighted by molar-refractivity contribution is 0.0898. The highest BCUT2D eigenvalue weighted by molar-refractivity contribution is 6.30. The molecule has 4 heteroatoms. The number of hydrogen-bond donors (Lipinski definition) is 1. The van der Waals surface area contributed by atoms with Crippen LogP contribution in [0.1, 0.15) is 18.4 Å².